The zero-order valence-corrected chi connectivity index (χ0v) is 14.8. The van der Waals surface area contributed by atoms with E-state index in [0.717, 1.165) is 36.5 Å². The van der Waals surface area contributed by atoms with E-state index in [4.69, 9.17) is 4.74 Å². The van der Waals surface area contributed by atoms with Crippen molar-refractivity contribution in [2.75, 3.05) is 6.61 Å². The second-order valence-electron chi connectivity index (χ2n) is 7.51. The van der Waals surface area contributed by atoms with Gasteiger partial charge in [-0.15, -0.1) is 12.6 Å². The lowest BCUT2D eigenvalue weighted by atomic mass is 9.72. The Labute approximate surface area is 130 Å². The van der Waals surface area contributed by atoms with Crippen LogP contribution in [0.15, 0.2) is 23.1 Å². The fraction of sp³-hybridized carbons (Fsp3) is 0.667. The molecule has 1 rings (SSSR count). The fourth-order valence-corrected chi connectivity index (χ4v) is 3.09. The lowest BCUT2D eigenvalue weighted by Crippen LogP contribution is -2.24. The second-order valence-corrected chi connectivity index (χ2v) is 7.99. The van der Waals surface area contributed by atoms with E-state index in [1.54, 1.807) is 0 Å². The van der Waals surface area contributed by atoms with Crippen molar-refractivity contribution in [3.63, 3.8) is 0 Å². The van der Waals surface area contributed by atoms with Gasteiger partial charge in [0.25, 0.3) is 0 Å². The van der Waals surface area contributed by atoms with E-state index < -0.39 is 0 Å². The summed E-state index contributed by atoms with van der Waals surface area (Å²) >= 11 is 4.59. The van der Waals surface area contributed by atoms with Crippen LogP contribution >= 0.6 is 12.6 Å². The molecule has 0 aromatic heterocycles. The summed E-state index contributed by atoms with van der Waals surface area (Å²) in [4.78, 5) is 0.945. The van der Waals surface area contributed by atoms with Gasteiger partial charge in [-0.25, -0.2) is 0 Å². The third-order valence-electron chi connectivity index (χ3n) is 3.47. The Hall–Kier alpha value is -0.630. The van der Waals surface area contributed by atoms with Crippen LogP contribution in [0.5, 0.6) is 5.75 Å². The van der Waals surface area contributed by atoms with E-state index in [1.165, 1.54) is 5.56 Å². The molecular formula is C18H30OS. The molecule has 0 aliphatic rings. The lowest BCUT2D eigenvalue weighted by molar-refractivity contribution is 0.282. The highest BCUT2D eigenvalue weighted by molar-refractivity contribution is 7.80. The van der Waals surface area contributed by atoms with Gasteiger partial charge >= 0.3 is 0 Å². The first-order valence-corrected chi connectivity index (χ1v) is 8.07. The predicted molar refractivity (Wildman–Crippen MR) is 91.2 cm³/mol. The molecule has 2 heteroatoms. The van der Waals surface area contributed by atoms with Gasteiger partial charge in [-0.2, -0.15) is 0 Å². The lowest BCUT2D eigenvalue weighted by Gasteiger charge is -2.33. The minimum atomic E-state index is 0.150. The van der Waals surface area contributed by atoms with Gasteiger partial charge < -0.3 is 4.74 Å². The summed E-state index contributed by atoms with van der Waals surface area (Å²) in [6, 6.07) is 6.42. The summed E-state index contributed by atoms with van der Waals surface area (Å²) < 4.78 is 5.77. The van der Waals surface area contributed by atoms with Crippen LogP contribution in [-0.2, 0) is 5.41 Å². The van der Waals surface area contributed by atoms with Crippen molar-refractivity contribution < 1.29 is 4.74 Å². The van der Waals surface area contributed by atoms with Crippen LogP contribution in [0.3, 0.4) is 0 Å². The zero-order chi connectivity index (χ0) is 15.4. The van der Waals surface area contributed by atoms with Gasteiger partial charge in [0.05, 0.1) is 6.61 Å². The number of ether oxygens (including phenoxy) is 1. The molecule has 0 spiro atoms. The van der Waals surface area contributed by atoms with E-state index in [1.807, 2.05) is 0 Å². The second kappa shape index (κ2) is 6.89. The van der Waals surface area contributed by atoms with Crippen molar-refractivity contribution in [1.82, 2.24) is 0 Å². The average Bonchev–Trinajstić information content (AvgIpc) is 2.28. The molecule has 0 radical (unpaired) electrons. The molecular weight excluding hydrogens is 264 g/mol. The number of hydrogen-bond donors (Lipinski definition) is 1. The number of unbranched alkanes of at least 4 members (excludes halogenated alkanes) is 1. The highest BCUT2D eigenvalue weighted by atomic mass is 32.1. The van der Waals surface area contributed by atoms with Gasteiger partial charge in [-0.05, 0) is 41.4 Å². The quantitative estimate of drug-likeness (QED) is 0.510. The molecule has 0 heterocycles. The van der Waals surface area contributed by atoms with Gasteiger partial charge in [0.15, 0.2) is 0 Å². The van der Waals surface area contributed by atoms with E-state index in [9.17, 15) is 0 Å². The highest BCUT2D eigenvalue weighted by Gasteiger charge is 2.27. The van der Waals surface area contributed by atoms with Crippen molar-refractivity contribution in [2.24, 2.45) is 5.41 Å². The van der Waals surface area contributed by atoms with E-state index in [-0.39, 0.29) is 5.41 Å². The maximum Gasteiger partial charge on any atom is 0.132 e. The molecule has 1 aromatic carbocycles. The highest BCUT2D eigenvalue weighted by Crippen LogP contribution is 2.38. The molecule has 0 unspecified atom stereocenters. The van der Waals surface area contributed by atoms with Crippen LogP contribution in [-0.4, -0.2) is 6.61 Å². The normalized spacial score (nSPS) is 12.6. The van der Waals surface area contributed by atoms with Gasteiger partial charge in [0, 0.05) is 4.90 Å². The molecule has 1 aromatic rings. The van der Waals surface area contributed by atoms with E-state index >= 15 is 0 Å². The molecule has 0 atom stereocenters. The maximum atomic E-state index is 5.77. The van der Waals surface area contributed by atoms with Crippen LogP contribution in [0.4, 0.5) is 0 Å². The van der Waals surface area contributed by atoms with E-state index in [2.05, 4.69) is 72.4 Å². The molecule has 0 fully saturated rings. The van der Waals surface area contributed by atoms with Crippen LogP contribution in [0.25, 0.3) is 0 Å². The third kappa shape index (κ3) is 5.40. The molecule has 0 N–H and O–H groups in total. The van der Waals surface area contributed by atoms with Crippen molar-refractivity contribution in [1.29, 1.82) is 0 Å². The van der Waals surface area contributed by atoms with Crippen LogP contribution in [0.1, 0.15) is 66.4 Å². The molecule has 0 aliphatic heterocycles. The summed E-state index contributed by atoms with van der Waals surface area (Å²) in [6.45, 7) is 14.4. The molecule has 20 heavy (non-hydrogen) atoms. The largest absolute Gasteiger partial charge is 0.492 e. The predicted octanol–water partition coefficient (Wildman–Crippen LogP) is 5.87. The Bertz CT molecular complexity index is 430. The first-order chi connectivity index (χ1) is 9.15. The smallest absolute Gasteiger partial charge is 0.132 e. The first kappa shape index (κ1) is 17.4. The van der Waals surface area contributed by atoms with E-state index in [0.29, 0.717) is 5.41 Å². The van der Waals surface area contributed by atoms with Crippen molar-refractivity contribution >= 4 is 12.6 Å². The summed E-state index contributed by atoms with van der Waals surface area (Å²) in [5, 5.41) is 0. The fourth-order valence-electron chi connectivity index (χ4n) is 2.81. The topological polar surface area (TPSA) is 9.23 Å². The summed E-state index contributed by atoms with van der Waals surface area (Å²) in [5.74, 6) is 0.900. The maximum absolute atomic E-state index is 5.77. The molecule has 0 aliphatic carbocycles. The first-order valence-electron chi connectivity index (χ1n) is 7.62. The minimum Gasteiger partial charge on any atom is -0.492 e. The SMILES string of the molecule is CCCCOc1ccc(C(C)(C)CC(C)(C)C)cc1S. The molecule has 0 saturated carbocycles. The number of thiol groups is 1. The van der Waals surface area contributed by atoms with Crippen LogP contribution in [0, 0.1) is 5.41 Å². The van der Waals surface area contributed by atoms with Crippen molar-refractivity contribution in [3.05, 3.63) is 23.8 Å². The Morgan fingerprint density at radius 2 is 1.75 bits per heavy atom. The molecule has 0 saturated heterocycles. The van der Waals surface area contributed by atoms with Crippen LogP contribution < -0.4 is 4.74 Å². The average molecular weight is 295 g/mol. The third-order valence-corrected chi connectivity index (χ3v) is 3.82. The Kier molecular flexibility index (Phi) is 6.00. The monoisotopic (exact) mass is 294 g/mol. The minimum absolute atomic E-state index is 0.150. The number of benzene rings is 1. The number of rotatable bonds is 6. The number of hydrogen-bond acceptors (Lipinski definition) is 2. The van der Waals surface area contributed by atoms with Gasteiger partial charge in [0.2, 0.25) is 0 Å². The molecule has 0 bridgehead atoms. The van der Waals surface area contributed by atoms with Gasteiger partial charge in [0.1, 0.15) is 5.75 Å². The summed E-state index contributed by atoms with van der Waals surface area (Å²) in [6.07, 6.45) is 3.38. The van der Waals surface area contributed by atoms with Crippen LogP contribution in [0.2, 0.25) is 0 Å². The molecule has 0 amide bonds. The Morgan fingerprint density at radius 3 is 2.25 bits per heavy atom. The van der Waals surface area contributed by atoms with Gasteiger partial charge in [-0.1, -0.05) is 54.0 Å². The van der Waals surface area contributed by atoms with Gasteiger partial charge in [-0.3, -0.25) is 0 Å². The molecule has 1 nitrogen and oxygen atoms in total. The Morgan fingerprint density at radius 1 is 1.10 bits per heavy atom. The standard InChI is InChI=1S/C18H30OS/c1-7-8-11-19-15-10-9-14(12-16(15)20)18(5,6)13-17(2,3)4/h9-10,12,20H,7-8,11,13H2,1-6H3. The Balaban J connectivity index is 2.85. The molecule has 114 valence electrons. The zero-order valence-electron chi connectivity index (χ0n) is 13.9. The summed E-state index contributed by atoms with van der Waals surface area (Å²) in [5.41, 5.74) is 1.80. The summed E-state index contributed by atoms with van der Waals surface area (Å²) in [7, 11) is 0. The van der Waals surface area contributed by atoms with Crippen molar-refractivity contribution in [3.8, 4) is 5.75 Å². The van der Waals surface area contributed by atoms with Crippen molar-refractivity contribution in [2.45, 2.75) is 71.1 Å².